The molecule has 1 amide bonds. The lowest BCUT2D eigenvalue weighted by Gasteiger charge is -2.14. The van der Waals surface area contributed by atoms with Crippen LogP contribution in [0.25, 0.3) is 16.0 Å². The maximum Gasteiger partial charge on any atom is 0.337 e. The molecule has 34 heavy (non-hydrogen) atoms. The van der Waals surface area contributed by atoms with Crippen molar-refractivity contribution in [1.29, 1.82) is 0 Å². The maximum absolute atomic E-state index is 13.4. The zero-order valence-corrected chi connectivity index (χ0v) is 20.6. The SMILES string of the molecule is COc1ccc(NC(=O)Cn2c(=O)n(-c3ccc(C)cc3)c(=O)c3sc(SC)nc32)c(OC)c1. The highest BCUT2D eigenvalue weighted by molar-refractivity contribution is 8.00. The van der Waals surface area contributed by atoms with E-state index in [1.807, 2.05) is 25.3 Å². The lowest BCUT2D eigenvalue weighted by atomic mass is 10.2. The van der Waals surface area contributed by atoms with Crippen molar-refractivity contribution in [2.24, 2.45) is 0 Å². The number of amides is 1. The molecule has 0 unspecified atom stereocenters. The van der Waals surface area contributed by atoms with E-state index in [0.29, 0.717) is 31.9 Å². The van der Waals surface area contributed by atoms with Gasteiger partial charge in [0.2, 0.25) is 5.91 Å². The quantitative estimate of drug-likeness (QED) is 0.390. The number of nitrogens with one attached hydrogen (secondary N) is 1. The second-order valence-corrected chi connectivity index (χ2v) is 9.35. The second kappa shape index (κ2) is 9.74. The van der Waals surface area contributed by atoms with Crippen LogP contribution < -0.4 is 26.0 Å². The van der Waals surface area contributed by atoms with Crippen molar-refractivity contribution in [2.75, 3.05) is 25.8 Å². The molecule has 0 spiro atoms. The zero-order valence-electron chi connectivity index (χ0n) is 18.9. The number of benzene rings is 2. The Balaban J connectivity index is 1.79. The molecule has 0 bridgehead atoms. The molecule has 2 aromatic carbocycles. The number of methoxy groups -OCH3 is 2. The van der Waals surface area contributed by atoms with Gasteiger partial charge < -0.3 is 14.8 Å². The Kier molecular flexibility index (Phi) is 6.75. The number of rotatable bonds is 7. The lowest BCUT2D eigenvalue weighted by molar-refractivity contribution is -0.116. The Labute approximate surface area is 203 Å². The van der Waals surface area contributed by atoms with Crippen LogP contribution in [0.5, 0.6) is 11.5 Å². The number of carbonyl (C=O) groups excluding carboxylic acids is 1. The summed E-state index contributed by atoms with van der Waals surface area (Å²) in [6.45, 7) is 1.58. The van der Waals surface area contributed by atoms with E-state index in [0.717, 1.165) is 10.1 Å². The van der Waals surface area contributed by atoms with E-state index >= 15 is 0 Å². The number of fused-ring (bicyclic) bond motifs is 1. The smallest absolute Gasteiger partial charge is 0.337 e. The Morgan fingerprint density at radius 2 is 1.85 bits per heavy atom. The van der Waals surface area contributed by atoms with Gasteiger partial charge in [0.1, 0.15) is 22.7 Å². The second-order valence-electron chi connectivity index (χ2n) is 7.30. The van der Waals surface area contributed by atoms with Gasteiger partial charge in [0.15, 0.2) is 9.99 Å². The molecular formula is C23H22N4O5S2. The van der Waals surface area contributed by atoms with Gasteiger partial charge in [-0.15, -0.1) is 11.3 Å². The van der Waals surface area contributed by atoms with Crippen molar-refractivity contribution in [3.63, 3.8) is 0 Å². The van der Waals surface area contributed by atoms with Crippen molar-refractivity contribution in [3.8, 4) is 17.2 Å². The summed E-state index contributed by atoms with van der Waals surface area (Å²) in [5.41, 5.74) is 0.921. The molecule has 4 aromatic rings. The molecule has 2 aromatic heterocycles. The summed E-state index contributed by atoms with van der Waals surface area (Å²) in [5.74, 6) is 0.512. The first-order valence-electron chi connectivity index (χ1n) is 10.2. The fraction of sp³-hybridized carbons (Fsp3) is 0.217. The average Bonchev–Trinajstić information content (AvgIpc) is 3.28. The van der Waals surface area contributed by atoms with Crippen molar-refractivity contribution in [2.45, 2.75) is 17.8 Å². The number of aromatic nitrogens is 3. The van der Waals surface area contributed by atoms with Crippen LogP contribution in [0.4, 0.5) is 5.69 Å². The summed E-state index contributed by atoms with van der Waals surface area (Å²) in [6, 6.07) is 12.0. The third-order valence-electron chi connectivity index (χ3n) is 5.12. The topological polar surface area (TPSA) is 104 Å². The van der Waals surface area contributed by atoms with Crippen LogP contribution in [0.1, 0.15) is 5.56 Å². The summed E-state index contributed by atoms with van der Waals surface area (Å²) < 4.78 is 13.7. The van der Waals surface area contributed by atoms with Gasteiger partial charge in [-0.25, -0.2) is 14.3 Å². The van der Waals surface area contributed by atoms with Crippen LogP contribution in [0.3, 0.4) is 0 Å². The molecule has 0 saturated heterocycles. The van der Waals surface area contributed by atoms with Gasteiger partial charge >= 0.3 is 5.69 Å². The van der Waals surface area contributed by atoms with Crippen LogP contribution in [-0.4, -0.2) is 40.5 Å². The number of thioether (sulfide) groups is 1. The number of carbonyl (C=O) groups is 1. The molecule has 0 aliphatic rings. The molecule has 0 atom stereocenters. The number of anilines is 1. The predicted octanol–water partition coefficient (Wildman–Crippen LogP) is 3.30. The molecule has 2 heterocycles. The van der Waals surface area contributed by atoms with Crippen molar-refractivity contribution in [1.82, 2.24) is 14.1 Å². The third-order valence-corrected chi connectivity index (χ3v) is 7.13. The van der Waals surface area contributed by atoms with E-state index in [4.69, 9.17) is 9.47 Å². The monoisotopic (exact) mass is 498 g/mol. The lowest BCUT2D eigenvalue weighted by Crippen LogP contribution is -2.40. The minimum Gasteiger partial charge on any atom is -0.497 e. The average molecular weight is 499 g/mol. The fourth-order valence-corrected chi connectivity index (χ4v) is 4.89. The summed E-state index contributed by atoms with van der Waals surface area (Å²) in [4.78, 5) is 44.1. The summed E-state index contributed by atoms with van der Waals surface area (Å²) in [7, 11) is 3.01. The van der Waals surface area contributed by atoms with Crippen LogP contribution in [0.15, 0.2) is 56.4 Å². The van der Waals surface area contributed by atoms with E-state index in [-0.39, 0.29) is 12.2 Å². The van der Waals surface area contributed by atoms with Crippen molar-refractivity contribution >= 4 is 45.0 Å². The minimum atomic E-state index is -0.642. The van der Waals surface area contributed by atoms with E-state index in [9.17, 15) is 14.4 Å². The van der Waals surface area contributed by atoms with Gasteiger partial charge in [-0.3, -0.25) is 14.2 Å². The largest absolute Gasteiger partial charge is 0.497 e. The molecule has 0 aliphatic carbocycles. The van der Waals surface area contributed by atoms with Gasteiger partial charge in [0.05, 0.1) is 25.6 Å². The van der Waals surface area contributed by atoms with Crippen LogP contribution in [0.2, 0.25) is 0 Å². The molecule has 4 rings (SSSR count). The van der Waals surface area contributed by atoms with Crippen molar-refractivity contribution < 1.29 is 14.3 Å². The highest BCUT2D eigenvalue weighted by Gasteiger charge is 2.21. The van der Waals surface area contributed by atoms with E-state index < -0.39 is 17.2 Å². The standard InChI is InChI=1S/C23H22N4O5S2/c1-13-5-7-14(8-6-13)27-21(29)19-20(25-22(33-4)34-19)26(23(27)30)12-18(28)24-16-10-9-15(31-2)11-17(16)32-3/h5-11H,12H2,1-4H3,(H,24,28). The Hall–Kier alpha value is -3.57. The first kappa shape index (κ1) is 23.6. The Bertz CT molecular complexity index is 1490. The zero-order chi connectivity index (χ0) is 24.4. The van der Waals surface area contributed by atoms with Gasteiger partial charge in [0.25, 0.3) is 5.56 Å². The first-order chi connectivity index (χ1) is 16.4. The first-order valence-corrected chi connectivity index (χ1v) is 12.2. The van der Waals surface area contributed by atoms with E-state index in [1.54, 1.807) is 30.3 Å². The molecule has 11 heteroatoms. The maximum atomic E-state index is 13.4. The number of nitrogens with zero attached hydrogens (tertiary/aromatic N) is 3. The molecule has 0 aliphatic heterocycles. The fourth-order valence-electron chi connectivity index (χ4n) is 3.40. The molecule has 0 saturated carbocycles. The summed E-state index contributed by atoms with van der Waals surface area (Å²) >= 11 is 2.56. The Morgan fingerprint density at radius 3 is 2.50 bits per heavy atom. The third kappa shape index (κ3) is 4.44. The van der Waals surface area contributed by atoms with Crippen LogP contribution in [-0.2, 0) is 11.3 Å². The molecule has 0 radical (unpaired) electrons. The summed E-state index contributed by atoms with van der Waals surface area (Å²) in [6.07, 6.45) is 1.83. The highest BCUT2D eigenvalue weighted by atomic mass is 32.2. The molecular weight excluding hydrogens is 476 g/mol. The number of ether oxygens (including phenoxy) is 2. The van der Waals surface area contributed by atoms with Gasteiger partial charge in [-0.05, 0) is 37.4 Å². The minimum absolute atomic E-state index is 0.185. The van der Waals surface area contributed by atoms with E-state index in [2.05, 4.69) is 10.3 Å². The molecule has 0 fully saturated rings. The van der Waals surface area contributed by atoms with Crippen LogP contribution in [0, 0.1) is 6.92 Å². The van der Waals surface area contributed by atoms with Crippen molar-refractivity contribution in [3.05, 3.63) is 68.9 Å². The molecule has 1 N–H and O–H groups in total. The molecule has 9 nitrogen and oxygen atoms in total. The Morgan fingerprint density at radius 1 is 1.12 bits per heavy atom. The number of thiazole rings is 1. The van der Waals surface area contributed by atoms with Crippen LogP contribution >= 0.6 is 23.1 Å². The predicted molar refractivity (Wildman–Crippen MR) is 134 cm³/mol. The van der Waals surface area contributed by atoms with Gasteiger partial charge in [0, 0.05) is 6.07 Å². The number of hydrogen-bond acceptors (Lipinski definition) is 8. The summed E-state index contributed by atoms with van der Waals surface area (Å²) in [5, 5.41) is 2.76. The highest BCUT2D eigenvalue weighted by Crippen LogP contribution is 2.29. The molecule has 176 valence electrons. The normalized spacial score (nSPS) is 10.9. The van der Waals surface area contributed by atoms with Gasteiger partial charge in [-0.2, -0.15) is 0 Å². The van der Waals surface area contributed by atoms with E-state index in [1.165, 1.54) is 41.9 Å². The number of hydrogen-bond donors (Lipinski definition) is 1. The number of aryl methyl sites for hydroxylation is 1. The van der Waals surface area contributed by atoms with Gasteiger partial charge in [-0.1, -0.05) is 29.5 Å².